The third-order valence-corrected chi connectivity index (χ3v) is 2.47. The minimum Gasteiger partial charge on any atom is -0.480 e. The fourth-order valence-corrected chi connectivity index (χ4v) is 1.46. The van der Waals surface area contributed by atoms with Gasteiger partial charge < -0.3 is 15.7 Å². The summed E-state index contributed by atoms with van der Waals surface area (Å²) < 4.78 is 0. The summed E-state index contributed by atoms with van der Waals surface area (Å²) in [6, 6.07) is 0. The molecule has 17 heavy (non-hydrogen) atoms. The van der Waals surface area contributed by atoms with Crippen molar-refractivity contribution in [2.45, 2.75) is 26.2 Å². The first kappa shape index (κ1) is 15.5. The largest absolute Gasteiger partial charge is 0.480 e. The maximum absolute atomic E-state index is 11.7. The summed E-state index contributed by atoms with van der Waals surface area (Å²) in [5.74, 6) is 1.39. The molecule has 5 heteroatoms. The minimum absolute atomic E-state index is 0.0381. The van der Waals surface area contributed by atoms with Crippen molar-refractivity contribution in [2.24, 2.45) is 11.7 Å². The topological polar surface area (TPSA) is 83.6 Å². The maximum Gasteiger partial charge on any atom is 0.323 e. The van der Waals surface area contributed by atoms with Crippen molar-refractivity contribution < 1.29 is 14.7 Å². The Morgan fingerprint density at radius 2 is 2.12 bits per heavy atom. The molecule has 0 heterocycles. The van der Waals surface area contributed by atoms with Gasteiger partial charge in [0.15, 0.2) is 0 Å². The van der Waals surface area contributed by atoms with E-state index in [9.17, 15) is 9.59 Å². The van der Waals surface area contributed by atoms with Crippen LogP contribution >= 0.6 is 0 Å². The molecule has 0 saturated carbocycles. The Balaban J connectivity index is 4.14. The van der Waals surface area contributed by atoms with Crippen molar-refractivity contribution >= 4 is 11.9 Å². The molecule has 0 aliphatic carbocycles. The number of hydrogen-bond acceptors (Lipinski definition) is 3. The standard InChI is InChI=1S/C12H20N2O3/c1-3-8-14(9-12(16)17)11(15)5-4-10(2)6-7-13/h1,10H,4-9,13H2,2H3,(H,16,17). The predicted octanol–water partition coefficient (Wildman–Crippen LogP) is 0.298. The molecule has 0 saturated heterocycles. The maximum atomic E-state index is 11.7. The van der Waals surface area contributed by atoms with Crippen LogP contribution in [0.1, 0.15) is 26.2 Å². The lowest BCUT2D eigenvalue weighted by Crippen LogP contribution is -2.36. The van der Waals surface area contributed by atoms with Gasteiger partial charge in [-0.25, -0.2) is 0 Å². The number of aliphatic carboxylic acids is 1. The molecular formula is C12H20N2O3. The van der Waals surface area contributed by atoms with Crippen molar-refractivity contribution in [2.75, 3.05) is 19.6 Å². The first-order valence-corrected chi connectivity index (χ1v) is 5.64. The normalized spacial score (nSPS) is 11.6. The van der Waals surface area contributed by atoms with E-state index in [2.05, 4.69) is 5.92 Å². The molecule has 3 N–H and O–H groups in total. The molecule has 1 atom stereocenters. The van der Waals surface area contributed by atoms with Gasteiger partial charge in [0.25, 0.3) is 0 Å². The minimum atomic E-state index is -1.05. The molecule has 1 amide bonds. The third-order valence-electron chi connectivity index (χ3n) is 2.47. The van der Waals surface area contributed by atoms with Crippen LogP contribution in [0.15, 0.2) is 0 Å². The van der Waals surface area contributed by atoms with Gasteiger partial charge in [-0.05, 0) is 25.3 Å². The first-order chi connectivity index (χ1) is 8.01. The van der Waals surface area contributed by atoms with Gasteiger partial charge >= 0.3 is 5.97 Å². The Kier molecular flexibility index (Phi) is 7.82. The van der Waals surface area contributed by atoms with E-state index in [4.69, 9.17) is 17.3 Å². The lowest BCUT2D eigenvalue weighted by molar-refractivity contribution is -0.144. The SMILES string of the molecule is C#CCN(CC(=O)O)C(=O)CCC(C)CCN. The zero-order valence-electron chi connectivity index (χ0n) is 10.2. The molecule has 0 aromatic rings. The summed E-state index contributed by atoms with van der Waals surface area (Å²) in [5.41, 5.74) is 5.41. The van der Waals surface area contributed by atoms with Gasteiger partial charge in [0.1, 0.15) is 6.54 Å². The Morgan fingerprint density at radius 1 is 1.47 bits per heavy atom. The lowest BCUT2D eigenvalue weighted by atomic mass is 10.0. The number of nitrogens with two attached hydrogens (primary N) is 1. The van der Waals surface area contributed by atoms with E-state index < -0.39 is 5.97 Å². The summed E-state index contributed by atoms with van der Waals surface area (Å²) >= 11 is 0. The van der Waals surface area contributed by atoms with Crippen LogP contribution in [-0.2, 0) is 9.59 Å². The van der Waals surface area contributed by atoms with Crippen LogP contribution in [0.5, 0.6) is 0 Å². The van der Waals surface area contributed by atoms with E-state index in [1.54, 1.807) is 0 Å². The number of carboxylic acids is 1. The Labute approximate surface area is 102 Å². The Morgan fingerprint density at radius 3 is 2.59 bits per heavy atom. The molecular weight excluding hydrogens is 220 g/mol. The summed E-state index contributed by atoms with van der Waals surface area (Å²) in [4.78, 5) is 23.4. The second-order valence-corrected chi connectivity index (χ2v) is 4.07. The van der Waals surface area contributed by atoms with Crippen LogP contribution in [0.3, 0.4) is 0 Å². The van der Waals surface area contributed by atoms with Crippen LogP contribution in [0.25, 0.3) is 0 Å². The fourth-order valence-electron chi connectivity index (χ4n) is 1.46. The quantitative estimate of drug-likeness (QED) is 0.598. The highest BCUT2D eigenvalue weighted by Gasteiger charge is 2.16. The van der Waals surface area contributed by atoms with Crippen molar-refractivity contribution in [3.63, 3.8) is 0 Å². The monoisotopic (exact) mass is 240 g/mol. The number of carbonyl (C=O) groups is 2. The van der Waals surface area contributed by atoms with Crippen molar-refractivity contribution in [3.05, 3.63) is 0 Å². The van der Waals surface area contributed by atoms with Crippen molar-refractivity contribution in [1.82, 2.24) is 4.90 Å². The number of hydrogen-bond donors (Lipinski definition) is 2. The number of nitrogens with zero attached hydrogens (tertiary/aromatic N) is 1. The average Bonchev–Trinajstić information content (AvgIpc) is 2.25. The molecule has 0 spiro atoms. The first-order valence-electron chi connectivity index (χ1n) is 5.64. The number of carbonyl (C=O) groups excluding carboxylic acids is 1. The molecule has 5 nitrogen and oxygen atoms in total. The fraction of sp³-hybridized carbons (Fsp3) is 0.667. The van der Waals surface area contributed by atoms with E-state index in [-0.39, 0.29) is 19.0 Å². The number of carboxylic acid groups (broad SMARTS) is 1. The molecule has 0 rings (SSSR count). The number of rotatable bonds is 8. The molecule has 0 aromatic heterocycles. The molecule has 0 aliphatic heterocycles. The number of terminal acetylenes is 1. The van der Waals surface area contributed by atoms with Crippen molar-refractivity contribution in [3.8, 4) is 12.3 Å². The second kappa shape index (κ2) is 8.59. The molecule has 1 unspecified atom stereocenters. The van der Waals surface area contributed by atoms with Crippen LogP contribution in [-0.4, -0.2) is 41.5 Å². The van der Waals surface area contributed by atoms with Gasteiger partial charge in [-0.15, -0.1) is 6.42 Å². The Bertz CT molecular complexity index is 297. The number of amides is 1. The Hall–Kier alpha value is -1.54. The predicted molar refractivity (Wildman–Crippen MR) is 65.1 cm³/mol. The molecule has 0 radical (unpaired) electrons. The molecule has 0 fully saturated rings. The van der Waals surface area contributed by atoms with Gasteiger partial charge in [-0.3, -0.25) is 9.59 Å². The third kappa shape index (κ3) is 7.36. The average molecular weight is 240 g/mol. The molecule has 0 bridgehead atoms. The van der Waals surface area contributed by atoms with Crippen LogP contribution in [0.4, 0.5) is 0 Å². The van der Waals surface area contributed by atoms with E-state index in [0.29, 0.717) is 25.3 Å². The zero-order valence-corrected chi connectivity index (χ0v) is 10.2. The van der Waals surface area contributed by atoms with E-state index in [1.807, 2.05) is 6.92 Å². The van der Waals surface area contributed by atoms with Crippen LogP contribution in [0, 0.1) is 18.3 Å². The van der Waals surface area contributed by atoms with Gasteiger partial charge in [-0.2, -0.15) is 0 Å². The van der Waals surface area contributed by atoms with Gasteiger partial charge in [0.05, 0.1) is 6.54 Å². The van der Waals surface area contributed by atoms with E-state index in [0.717, 1.165) is 6.42 Å². The molecule has 96 valence electrons. The molecule has 0 aromatic carbocycles. The van der Waals surface area contributed by atoms with E-state index >= 15 is 0 Å². The highest BCUT2D eigenvalue weighted by atomic mass is 16.4. The highest BCUT2D eigenvalue weighted by Crippen LogP contribution is 2.10. The van der Waals surface area contributed by atoms with Crippen LogP contribution < -0.4 is 5.73 Å². The zero-order chi connectivity index (χ0) is 13.3. The summed E-state index contributed by atoms with van der Waals surface area (Å²) in [6.07, 6.45) is 6.98. The van der Waals surface area contributed by atoms with Crippen molar-refractivity contribution in [1.29, 1.82) is 0 Å². The second-order valence-electron chi connectivity index (χ2n) is 4.07. The van der Waals surface area contributed by atoms with Gasteiger partial charge in [0, 0.05) is 6.42 Å². The van der Waals surface area contributed by atoms with Gasteiger partial charge in [0.2, 0.25) is 5.91 Å². The summed E-state index contributed by atoms with van der Waals surface area (Å²) in [7, 11) is 0. The summed E-state index contributed by atoms with van der Waals surface area (Å²) in [6.45, 7) is 2.31. The van der Waals surface area contributed by atoms with Crippen LogP contribution in [0.2, 0.25) is 0 Å². The highest BCUT2D eigenvalue weighted by molar-refractivity contribution is 5.81. The smallest absolute Gasteiger partial charge is 0.323 e. The van der Waals surface area contributed by atoms with Gasteiger partial charge in [-0.1, -0.05) is 12.8 Å². The lowest BCUT2D eigenvalue weighted by Gasteiger charge is -2.19. The van der Waals surface area contributed by atoms with E-state index in [1.165, 1.54) is 4.90 Å². The molecule has 0 aliphatic rings. The summed E-state index contributed by atoms with van der Waals surface area (Å²) in [5, 5.41) is 8.64.